The second-order valence-corrected chi connectivity index (χ2v) is 12.0. The van der Waals surface area contributed by atoms with Gasteiger partial charge in [0.05, 0.1) is 31.0 Å². The molecule has 5 atom stereocenters. The van der Waals surface area contributed by atoms with E-state index in [9.17, 15) is 28.5 Å². The summed E-state index contributed by atoms with van der Waals surface area (Å²) >= 11 is 6.24. The number of morpholine rings is 1. The maximum atomic E-state index is 13.0. The van der Waals surface area contributed by atoms with Gasteiger partial charge in [-0.1, -0.05) is 24.8 Å². The van der Waals surface area contributed by atoms with E-state index in [0.29, 0.717) is 37.6 Å². The highest BCUT2D eigenvalue weighted by molar-refractivity contribution is 7.92. The molecule has 0 spiro atoms. The molecule has 0 aliphatic carbocycles. The first-order valence-electron chi connectivity index (χ1n) is 12.5. The molecular formula is C25H28ClN5O9S. The number of halogens is 1. The molecule has 1 unspecified atom stereocenters. The average Bonchev–Trinajstić information content (AvgIpc) is 3.48. The molecule has 16 heteroatoms. The van der Waals surface area contributed by atoms with Crippen LogP contribution in [0.1, 0.15) is 13.2 Å². The Kier molecular flexibility index (Phi) is 8.04. The van der Waals surface area contributed by atoms with Crippen molar-refractivity contribution < 1.29 is 42.7 Å². The number of aromatic nitrogens is 4. The molecule has 41 heavy (non-hydrogen) atoms. The van der Waals surface area contributed by atoms with Gasteiger partial charge in [0.25, 0.3) is 5.44 Å². The van der Waals surface area contributed by atoms with Crippen LogP contribution in [0.15, 0.2) is 53.7 Å². The van der Waals surface area contributed by atoms with E-state index >= 15 is 0 Å². The van der Waals surface area contributed by atoms with Gasteiger partial charge in [-0.15, -0.1) is 0 Å². The van der Waals surface area contributed by atoms with Gasteiger partial charge in [0, 0.05) is 13.1 Å². The highest BCUT2D eigenvalue weighted by Crippen LogP contribution is 2.43. The minimum Gasteiger partial charge on any atom is -0.479 e. The van der Waals surface area contributed by atoms with Crippen LogP contribution in [0.25, 0.3) is 11.2 Å². The smallest absolute Gasteiger partial charge is 0.349 e. The molecule has 2 aliphatic rings. The number of carboxylic acid groups (broad SMARTS) is 1. The summed E-state index contributed by atoms with van der Waals surface area (Å²) in [5.41, 5.74) is -3.83. The van der Waals surface area contributed by atoms with Gasteiger partial charge in [-0.05, 0) is 36.2 Å². The Hall–Kier alpha value is -3.18. The molecule has 2 aromatic heterocycles. The lowest BCUT2D eigenvalue weighted by molar-refractivity contribution is -0.149. The van der Waals surface area contributed by atoms with E-state index in [4.69, 9.17) is 25.8 Å². The van der Waals surface area contributed by atoms with Crippen molar-refractivity contribution in [3.05, 3.63) is 54.1 Å². The van der Waals surface area contributed by atoms with E-state index in [1.807, 2.05) is 4.90 Å². The third-order valence-electron chi connectivity index (χ3n) is 7.11. The van der Waals surface area contributed by atoms with E-state index in [0.717, 1.165) is 0 Å². The van der Waals surface area contributed by atoms with Crippen molar-refractivity contribution in [2.24, 2.45) is 0 Å². The van der Waals surface area contributed by atoms with Crippen LogP contribution in [0.5, 0.6) is 0 Å². The fourth-order valence-electron chi connectivity index (χ4n) is 4.93. The zero-order valence-electron chi connectivity index (χ0n) is 21.8. The Labute approximate surface area is 239 Å². The van der Waals surface area contributed by atoms with Crippen LogP contribution >= 0.6 is 11.6 Å². The first-order chi connectivity index (χ1) is 19.5. The number of nitrogens with zero attached hydrogens (tertiary/aromatic N) is 5. The minimum absolute atomic E-state index is 0.0741. The normalized spacial score (nSPS) is 25.9. The molecule has 2 saturated heterocycles. The summed E-state index contributed by atoms with van der Waals surface area (Å²) in [5.74, 6) is -1.30. The van der Waals surface area contributed by atoms with Crippen LogP contribution in [-0.4, -0.2) is 105 Å². The number of fused-ring (bicyclic) bond motifs is 1. The van der Waals surface area contributed by atoms with Crippen molar-refractivity contribution in [2.45, 2.75) is 41.3 Å². The lowest BCUT2D eigenvalue weighted by Gasteiger charge is -2.31. The average molecular weight is 610 g/mol. The number of sulfone groups is 1. The highest BCUT2D eigenvalue weighted by atomic mass is 35.5. The molecule has 3 aromatic rings. The molecule has 0 bridgehead atoms. The highest BCUT2D eigenvalue weighted by Gasteiger charge is 2.57. The molecule has 2 aliphatic heterocycles. The fourth-order valence-corrected chi connectivity index (χ4v) is 6.39. The summed E-state index contributed by atoms with van der Waals surface area (Å²) in [7, 11) is -4.47. The Bertz CT molecular complexity index is 1560. The largest absolute Gasteiger partial charge is 0.479 e. The number of anilines is 1. The second-order valence-electron chi connectivity index (χ2n) is 9.67. The van der Waals surface area contributed by atoms with Crippen LogP contribution < -0.4 is 4.90 Å². The van der Waals surface area contributed by atoms with Crippen molar-refractivity contribution in [2.75, 3.05) is 37.8 Å². The molecule has 3 N–H and O–H groups in total. The first kappa shape index (κ1) is 29.3. The summed E-state index contributed by atoms with van der Waals surface area (Å²) in [6.07, 6.45) is -3.06. The lowest BCUT2D eigenvalue weighted by atomic mass is 9.86. The van der Waals surface area contributed by atoms with Gasteiger partial charge in [0.2, 0.25) is 15.1 Å². The molecule has 220 valence electrons. The first-order valence-corrected chi connectivity index (χ1v) is 14.5. The van der Waals surface area contributed by atoms with Gasteiger partial charge in [0.15, 0.2) is 23.2 Å². The topological polar surface area (TPSA) is 186 Å². The maximum absolute atomic E-state index is 13.0. The fraction of sp³-hybridized carbons (Fsp3) is 0.440. The molecule has 4 heterocycles. The summed E-state index contributed by atoms with van der Waals surface area (Å²) in [4.78, 5) is 26.6. The van der Waals surface area contributed by atoms with Gasteiger partial charge >= 0.3 is 5.97 Å². The third-order valence-corrected chi connectivity index (χ3v) is 9.11. The Balaban J connectivity index is 1.46. The van der Waals surface area contributed by atoms with Crippen molar-refractivity contribution in [3.8, 4) is 0 Å². The number of aliphatic hydroxyl groups excluding tert-OH is 1. The monoisotopic (exact) mass is 609 g/mol. The summed E-state index contributed by atoms with van der Waals surface area (Å²) in [6, 6.07) is 6.96. The molecular weight excluding hydrogens is 582 g/mol. The maximum Gasteiger partial charge on any atom is 0.349 e. The summed E-state index contributed by atoms with van der Waals surface area (Å²) < 4.78 is 44.1. The molecule has 14 nitrogen and oxygen atoms in total. The quantitative estimate of drug-likeness (QED) is 0.228. The van der Waals surface area contributed by atoms with Gasteiger partial charge in [-0.3, -0.25) is 4.57 Å². The van der Waals surface area contributed by atoms with Gasteiger partial charge in [0.1, 0.15) is 17.8 Å². The Morgan fingerprint density at radius 3 is 2.59 bits per heavy atom. The SMILES string of the molecule is C=C(C)[C@@]1(O)[C@@H](COC(C(=O)O)S(=O)(=O)c2ccccc2)O[C@@H](n2cnc3c(N4CCOCC4)nc(Cl)nc32)[C@@H]1O. The molecule has 0 amide bonds. The van der Waals surface area contributed by atoms with Crippen molar-refractivity contribution in [1.82, 2.24) is 19.5 Å². The van der Waals surface area contributed by atoms with Crippen LogP contribution in [0, 0.1) is 0 Å². The number of hydrogen-bond acceptors (Lipinski definition) is 12. The predicted molar refractivity (Wildman–Crippen MR) is 144 cm³/mol. The number of carboxylic acids is 1. The van der Waals surface area contributed by atoms with E-state index < -0.39 is 51.9 Å². The summed E-state index contributed by atoms with van der Waals surface area (Å²) in [6.45, 7) is 6.55. The van der Waals surface area contributed by atoms with Crippen LogP contribution in [0.2, 0.25) is 5.28 Å². The van der Waals surface area contributed by atoms with E-state index in [-0.39, 0.29) is 21.4 Å². The Morgan fingerprint density at radius 2 is 1.95 bits per heavy atom. The Morgan fingerprint density at radius 1 is 1.27 bits per heavy atom. The van der Waals surface area contributed by atoms with Gasteiger partial charge in [-0.25, -0.2) is 18.2 Å². The zero-order chi connectivity index (χ0) is 29.5. The van der Waals surface area contributed by atoms with Gasteiger partial charge < -0.3 is 34.4 Å². The molecule has 0 saturated carbocycles. The molecule has 1 aromatic carbocycles. The number of imidazole rings is 1. The summed E-state index contributed by atoms with van der Waals surface area (Å²) in [5, 5.41) is 32.5. The van der Waals surface area contributed by atoms with Crippen molar-refractivity contribution in [3.63, 3.8) is 0 Å². The second kappa shape index (κ2) is 11.2. The number of aliphatic hydroxyl groups is 2. The number of benzene rings is 1. The number of aliphatic carboxylic acids is 1. The molecule has 2 fully saturated rings. The van der Waals surface area contributed by atoms with Crippen LogP contribution in [-0.2, 0) is 28.8 Å². The third kappa shape index (κ3) is 5.18. The zero-order valence-corrected chi connectivity index (χ0v) is 23.4. The van der Waals surface area contributed by atoms with E-state index in [2.05, 4.69) is 21.5 Å². The number of ether oxygens (including phenoxy) is 3. The number of rotatable bonds is 9. The van der Waals surface area contributed by atoms with E-state index in [1.165, 1.54) is 42.1 Å². The van der Waals surface area contributed by atoms with Crippen LogP contribution in [0.4, 0.5) is 5.82 Å². The number of hydrogen-bond donors (Lipinski definition) is 3. The van der Waals surface area contributed by atoms with Gasteiger partial charge in [-0.2, -0.15) is 9.97 Å². The molecule has 5 rings (SSSR count). The number of carbonyl (C=O) groups is 1. The van der Waals surface area contributed by atoms with Crippen molar-refractivity contribution in [1.29, 1.82) is 0 Å². The lowest BCUT2D eigenvalue weighted by Crippen LogP contribution is -2.51. The predicted octanol–water partition coefficient (Wildman–Crippen LogP) is 0.783. The minimum atomic E-state index is -4.47. The van der Waals surface area contributed by atoms with Crippen LogP contribution in [0.3, 0.4) is 0 Å². The molecule has 0 radical (unpaired) electrons. The van der Waals surface area contributed by atoms with E-state index in [1.54, 1.807) is 6.07 Å². The van der Waals surface area contributed by atoms with Crippen molar-refractivity contribution >= 4 is 44.4 Å². The standard InChI is InChI=1S/C25H28ClN5O9S/c1-14(2)25(35)16(12-39-23(22(33)34)41(36,37)15-6-4-3-5-7-15)40-21(18(25)32)31-13-27-17-19(28-24(26)29-20(17)31)30-8-10-38-11-9-30/h3-7,13,16,18,21,23,32,35H,1,8-12H2,2H3,(H,33,34)/t16-,18+,21-,23?,25-/m1/s1.